The molecule has 144 valence electrons. The van der Waals surface area contributed by atoms with Crippen LogP contribution in [0.3, 0.4) is 0 Å². The molecule has 0 atom stereocenters. The third kappa shape index (κ3) is 5.23. The Morgan fingerprint density at radius 2 is 2.11 bits per heavy atom. The van der Waals surface area contributed by atoms with Crippen molar-refractivity contribution in [2.45, 2.75) is 13.0 Å². The Kier molecular flexibility index (Phi) is 6.05. The second kappa shape index (κ2) is 8.30. The topological polar surface area (TPSA) is 82.6 Å². The number of amides is 1. The van der Waals surface area contributed by atoms with Crippen LogP contribution in [0, 0.1) is 0 Å². The Hall–Kier alpha value is -2.07. The van der Waals surface area contributed by atoms with Crippen LogP contribution in [0.1, 0.15) is 16.1 Å². The summed E-state index contributed by atoms with van der Waals surface area (Å²) in [5.74, 6) is -0.409. The van der Waals surface area contributed by atoms with Gasteiger partial charge < -0.3 is 10.2 Å². The average Bonchev–Trinajstić information content (AvgIpc) is 3.02. The molecule has 1 N–H and O–H groups in total. The summed E-state index contributed by atoms with van der Waals surface area (Å²) in [5.41, 5.74) is 1.79. The maximum Gasteiger partial charge on any atom is 0.241 e. The average molecular weight is 407 g/mol. The normalized spacial score (nSPS) is 15.2. The lowest BCUT2D eigenvalue weighted by molar-refractivity contribution is -0.116. The number of sulfonamides is 1. The fraction of sp³-hybridized carbons (Fsp3) is 0.333. The standard InChI is InChI=1S/C18H22N4O3S2/c1-21-10-8-15-16(12-21)26-18(19-15)20-17(23)13-22(2)27(24,25)11-9-14-6-4-3-5-7-14/h3-7,9,11H,8,10,12-13H2,1-2H3,(H,19,20,23)/b11-9+. The van der Waals surface area contributed by atoms with Crippen molar-refractivity contribution in [3.05, 3.63) is 51.9 Å². The molecule has 0 aliphatic carbocycles. The van der Waals surface area contributed by atoms with Crippen LogP contribution < -0.4 is 5.32 Å². The van der Waals surface area contributed by atoms with Gasteiger partial charge in [0.2, 0.25) is 15.9 Å². The molecule has 0 bridgehead atoms. The summed E-state index contributed by atoms with van der Waals surface area (Å²) >= 11 is 1.44. The number of aromatic nitrogens is 1. The predicted molar refractivity (Wildman–Crippen MR) is 108 cm³/mol. The Morgan fingerprint density at radius 3 is 2.85 bits per heavy atom. The number of benzene rings is 1. The Morgan fingerprint density at radius 1 is 1.37 bits per heavy atom. The van der Waals surface area contributed by atoms with Crippen LogP contribution in [-0.2, 0) is 27.8 Å². The minimum absolute atomic E-state index is 0.272. The van der Waals surface area contributed by atoms with Crippen LogP contribution in [0.4, 0.5) is 5.13 Å². The van der Waals surface area contributed by atoms with Crippen molar-refractivity contribution in [3.63, 3.8) is 0 Å². The Labute approximate surface area is 163 Å². The van der Waals surface area contributed by atoms with Gasteiger partial charge in [-0.3, -0.25) is 4.79 Å². The zero-order chi connectivity index (χ0) is 19.4. The number of carbonyl (C=O) groups excluding carboxylic acids is 1. The van der Waals surface area contributed by atoms with E-state index in [1.54, 1.807) is 12.1 Å². The number of fused-ring (bicyclic) bond motifs is 1. The summed E-state index contributed by atoms with van der Waals surface area (Å²) in [6.07, 6.45) is 2.37. The molecular formula is C18H22N4O3S2. The molecule has 0 unspecified atom stereocenters. The number of hydrogen-bond donors (Lipinski definition) is 1. The third-order valence-electron chi connectivity index (χ3n) is 4.20. The molecule has 0 fully saturated rings. The second-order valence-corrected chi connectivity index (χ2v) is 9.45. The molecule has 2 heterocycles. The molecule has 3 rings (SSSR count). The lowest BCUT2D eigenvalue weighted by Gasteiger charge is -2.20. The van der Waals surface area contributed by atoms with Crippen molar-refractivity contribution >= 4 is 38.5 Å². The number of thiazole rings is 1. The first-order valence-electron chi connectivity index (χ1n) is 8.50. The molecule has 27 heavy (non-hydrogen) atoms. The minimum Gasteiger partial charge on any atom is -0.301 e. The van der Waals surface area contributed by atoms with Crippen LogP contribution in [0.25, 0.3) is 6.08 Å². The summed E-state index contributed by atoms with van der Waals surface area (Å²) in [6, 6.07) is 9.13. The van der Waals surface area contributed by atoms with E-state index in [9.17, 15) is 13.2 Å². The lowest BCUT2D eigenvalue weighted by atomic mass is 10.2. The van der Waals surface area contributed by atoms with Gasteiger partial charge in [-0.25, -0.2) is 13.4 Å². The van der Waals surface area contributed by atoms with E-state index >= 15 is 0 Å². The minimum atomic E-state index is -3.69. The molecule has 0 saturated carbocycles. The number of rotatable bonds is 6. The molecule has 0 radical (unpaired) electrons. The van der Waals surface area contributed by atoms with Gasteiger partial charge in [0.1, 0.15) is 0 Å². The zero-order valence-corrected chi connectivity index (χ0v) is 16.9. The van der Waals surface area contributed by atoms with Gasteiger partial charge in [-0.2, -0.15) is 4.31 Å². The summed E-state index contributed by atoms with van der Waals surface area (Å²) in [7, 11) is -0.261. The smallest absolute Gasteiger partial charge is 0.241 e. The number of nitrogens with one attached hydrogen (secondary N) is 1. The van der Waals surface area contributed by atoms with Crippen molar-refractivity contribution in [2.24, 2.45) is 0 Å². The molecule has 1 aromatic heterocycles. The van der Waals surface area contributed by atoms with Gasteiger partial charge >= 0.3 is 0 Å². The van der Waals surface area contributed by atoms with Gasteiger partial charge in [-0.1, -0.05) is 30.3 Å². The van der Waals surface area contributed by atoms with Crippen molar-refractivity contribution < 1.29 is 13.2 Å². The molecule has 2 aromatic rings. The van der Waals surface area contributed by atoms with Gasteiger partial charge in [0.25, 0.3) is 0 Å². The van der Waals surface area contributed by atoms with Crippen molar-refractivity contribution in [1.29, 1.82) is 0 Å². The first kappa shape index (κ1) is 19.7. The first-order chi connectivity index (χ1) is 12.8. The van der Waals surface area contributed by atoms with Crippen LogP contribution in [-0.4, -0.2) is 55.7 Å². The van der Waals surface area contributed by atoms with Crippen LogP contribution in [0.15, 0.2) is 35.7 Å². The van der Waals surface area contributed by atoms with Crippen molar-refractivity contribution in [3.8, 4) is 0 Å². The summed E-state index contributed by atoms with van der Waals surface area (Å²) in [4.78, 5) is 20.0. The van der Waals surface area contributed by atoms with Gasteiger partial charge in [0.15, 0.2) is 5.13 Å². The lowest BCUT2D eigenvalue weighted by Crippen LogP contribution is -2.33. The van der Waals surface area contributed by atoms with Gasteiger partial charge in [0.05, 0.1) is 12.2 Å². The van der Waals surface area contributed by atoms with E-state index in [4.69, 9.17) is 0 Å². The van der Waals surface area contributed by atoms with E-state index in [0.717, 1.165) is 45.4 Å². The maximum absolute atomic E-state index is 12.3. The maximum atomic E-state index is 12.3. The Bertz CT molecular complexity index is 939. The summed E-state index contributed by atoms with van der Waals surface area (Å²) in [6.45, 7) is 1.49. The van der Waals surface area contributed by atoms with Crippen LogP contribution >= 0.6 is 11.3 Å². The monoisotopic (exact) mass is 406 g/mol. The van der Waals surface area contributed by atoms with Gasteiger partial charge in [-0.05, 0) is 18.7 Å². The molecule has 1 aromatic carbocycles. The molecule has 1 amide bonds. The summed E-state index contributed by atoms with van der Waals surface area (Å²) < 4.78 is 25.7. The molecule has 0 spiro atoms. The zero-order valence-electron chi connectivity index (χ0n) is 15.3. The van der Waals surface area contributed by atoms with E-state index < -0.39 is 15.9 Å². The highest BCUT2D eigenvalue weighted by atomic mass is 32.2. The predicted octanol–water partition coefficient (Wildman–Crippen LogP) is 2.00. The van der Waals surface area contributed by atoms with E-state index in [0.29, 0.717) is 5.13 Å². The van der Waals surface area contributed by atoms with Gasteiger partial charge in [-0.15, -0.1) is 11.3 Å². The van der Waals surface area contributed by atoms with E-state index in [-0.39, 0.29) is 6.54 Å². The Balaban J connectivity index is 1.59. The molecule has 7 nitrogen and oxygen atoms in total. The number of anilines is 1. The first-order valence-corrected chi connectivity index (χ1v) is 10.8. The van der Waals surface area contributed by atoms with Crippen molar-refractivity contribution in [1.82, 2.24) is 14.2 Å². The molecular weight excluding hydrogens is 384 g/mol. The molecule has 1 aliphatic rings. The quantitative estimate of drug-likeness (QED) is 0.793. The fourth-order valence-corrected chi connectivity index (χ4v) is 4.60. The van der Waals surface area contributed by atoms with Crippen LogP contribution in [0.2, 0.25) is 0 Å². The number of nitrogens with zero attached hydrogens (tertiary/aromatic N) is 3. The number of hydrogen-bond acceptors (Lipinski definition) is 6. The summed E-state index contributed by atoms with van der Waals surface area (Å²) in [5, 5.41) is 4.33. The SMILES string of the molecule is CN1CCc2nc(NC(=O)CN(C)S(=O)(=O)/C=C/c3ccccc3)sc2C1. The number of carbonyl (C=O) groups is 1. The van der Waals surface area contributed by atoms with Crippen molar-refractivity contribution in [2.75, 3.05) is 32.5 Å². The molecule has 1 aliphatic heterocycles. The van der Waals surface area contributed by atoms with Gasteiger partial charge in [0, 0.05) is 36.8 Å². The highest BCUT2D eigenvalue weighted by molar-refractivity contribution is 7.92. The largest absolute Gasteiger partial charge is 0.301 e. The van der Waals surface area contributed by atoms with E-state index in [1.807, 2.05) is 25.2 Å². The second-order valence-electron chi connectivity index (χ2n) is 6.44. The van der Waals surface area contributed by atoms with E-state index in [2.05, 4.69) is 15.2 Å². The molecule has 9 heteroatoms. The number of likely N-dealkylation sites (N-methyl/N-ethyl adjacent to an activating group) is 2. The highest BCUT2D eigenvalue weighted by Crippen LogP contribution is 2.27. The van der Waals surface area contributed by atoms with Crippen LogP contribution in [0.5, 0.6) is 0 Å². The van der Waals surface area contributed by atoms with E-state index in [1.165, 1.54) is 24.5 Å². The molecule has 0 saturated heterocycles. The third-order valence-corrected chi connectivity index (χ3v) is 6.68. The highest BCUT2D eigenvalue weighted by Gasteiger charge is 2.21. The fourth-order valence-electron chi connectivity index (χ4n) is 2.66.